The minimum atomic E-state index is -0.0555. The highest BCUT2D eigenvalue weighted by Crippen LogP contribution is 2.24. The highest BCUT2D eigenvalue weighted by atomic mass is 35.5. The fourth-order valence-corrected chi connectivity index (χ4v) is 1.63. The molecule has 0 bridgehead atoms. The number of aromatic nitrogens is 1. The summed E-state index contributed by atoms with van der Waals surface area (Å²) >= 11 is 6.06. The molecule has 0 atom stereocenters. The Hall–Kier alpha value is -1.22. The Morgan fingerprint density at radius 1 is 1.50 bits per heavy atom. The predicted molar refractivity (Wildman–Crippen MR) is 71.0 cm³/mol. The Morgan fingerprint density at radius 3 is 2.56 bits per heavy atom. The van der Waals surface area contributed by atoms with Crippen LogP contribution in [0.5, 0.6) is 0 Å². The van der Waals surface area contributed by atoms with Crippen LogP contribution >= 0.6 is 11.6 Å². The van der Waals surface area contributed by atoms with Crippen molar-refractivity contribution < 1.29 is 0 Å². The van der Waals surface area contributed by atoms with Gasteiger partial charge in [-0.1, -0.05) is 17.7 Å². The highest BCUT2D eigenvalue weighted by Gasteiger charge is 2.18. The van der Waals surface area contributed by atoms with Crippen molar-refractivity contribution in [2.24, 2.45) is 4.99 Å². The van der Waals surface area contributed by atoms with E-state index in [2.05, 4.69) is 25.8 Å². The van der Waals surface area contributed by atoms with E-state index in [0.29, 0.717) is 11.0 Å². The summed E-state index contributed by atoms with van der Waals surface area (Å²) in [6.07, 6.45) is 5.40. The van der Waals surface area contributed by atoms with Crippen LogP contribution in [-0.4, -0.2) is 9.74 Å². The van der Waals surface area contributed by atoms with Gasteiger partial charge in [0.15, 0.2) is 0 Å². The number of allylic oxidation sites excluding steroid dienone is 1. The number of nitrogens with zero attached hydrogens (tertiary/aromatic N) is 2. The fourth-order valence-electron chi connectivity index (χ4n) is 1.41. The first kappa shape index (κ1) is 12.8. The second-order valence-electron chi connectivity index (χ2n) is 4.56. The lowest BCUT2D eigenvalue weighted by molar-refractivity contribution is 0.404. The van der Waals surface area contributed by atoms with Crippen molar-refractivity contribution in [3.05, 3.63) is 30.1 Å². The second kappa shape index (κ2) is 4.74. The van der Waals surface area contributed by atoms with Crippen LogP contribution in [0.2, 0.25) is 0 Å². The zero-order valence-electron chi connectivity index (χ0n) is 10.2. The molecule has 0 saturated carbocycles. The molecule has 0 fully saturated rings. The summed E-state index contributed by atoms with van der Waals surface area (Å²) in [4.78, 5) is 4.08. The summed E-state index contributed by atoms with van der Waals surface area (Å²) in [5, 5.41) is 0.415. The molecule has 0 unspecified atom stereocenters. The largest absolute Gasteiger partial charge is 0.384 e. The molecule has 2 N–H and O–H groups in total. The minimum Gasteiger partial charge on any atom is -0.384 e. The van der Waals surface area contributed by atoms with E-state index >= 15 is 0 Å². The molecule has 0 saturated heterocycles. The predicted octanol–water partition coefficient (Wildman–Crippen LogP) is 3.34. The lowest BCUT2D eigenvalue weighted by Crippen LogP contribution is -2.22. The summed E-state index contributed by atoms with van der Waals surface area (Å²) in [7, 11) is 0. The molecule has 1 aromatic heterocycles. The zero-order valence-corrected chi connectivity index (χ0v) is 10.9. The molecule has 1 heterocycles. The molecule has 0 radical (unpaired) electrons. The van der Waals surface area contributed by atoms with E-state index in [1.807, 2.05) is 29.8 Å². The molecule has 0 aliphatic rings. The zero-order chi connectivity index (χ0) is 12.3. The molecular formula is C12H18ClN3. The Labute approximate surface area is 102 Å². The van der Waals surface area contributed by atoms with Crippen molar-refractivity contribution in [3.63, 3.8) is 0 Å². The van der Waals surface area contributed by atoms with Gasteiger partial charge in [-0.2, -0.15) is 0 Å². The van der Waals surface area contributed by atoms with Crippen LogP contribution in [0.15, 0.2) is 29.5 Å². The lowest BCUT2D eigenvalue weighted by Gasteiger charge is -2.23. The van der Waals surface area contributed by atoms with E-state index in [4.69, 9.17) is 17.3 Å². The number of hydrogen-bond acceptors (Lipinski definition) is 2. The SMILES string of the molecule is C/C=C\N=C(\Cl)c1ccn(C(C)(C)C)c1N. The third-order valence-electron chi connectivity index (χ3n) is 2.21. The molecule has 0 spiro atoms. The minimum absolute atomic E-state index is 0.0555. The van der Waals surface area contributed by atoms with Gasteiger partial charge in [-0.05, 0) is 33.8 Å². The van der Waals surface area contributed by atoms with Gasteiger partial charge in [0.1, 0.15) is 11.0 Å². The molecule has 16 heavy (non-hydrogen) atoms. The first-order valence-corrected chi connectivity index (χ1v) is 5.58. The van der Waals surface area contributed by atoms with E-state index in [1.54, 1.807) is 6.20 Å². The van der Waals surface area contributed by atoms with Gasteiger partial charge in [0.25, 0.3) is 0 Å². The maximum absolute atomic E-state index is 6.06. The van der Waals surface area contributed by atoms with Crippen LogP contribution in [0, 0.1) is 0 Å². The number of halogens is 1. The molecule has 0 amide bonds. The molecule has 0 aliphatic carbocycles. The van der Waals surface area contributed by atoms with E-state index in [0.717, 1.165) is 5.56 Å². The van der Waals surface area contributed by atoms with Gasteiger partial charge in [-0.15, -0.1) is 0 Å². The van der Waals surface area contributed by atoms with Crippen molar-refractivity contribution in [1.82, 2.24) is 4.57 Å². The van der Waals surface area contributed by atoms with Gasteiger partial charge >= 0.3 is 0 Å². The topological polar surface area (TPSA) is 43.3 Å². The summed E-state index contributed by atoms with van der Waals surface area (Å²) in [6.45, 7) is 8.15. The first-order valence-electron chi connectivity index (χ1n) is 5.20. The summed E-state index contributed by atoms with van der Waals surface area (Å²) in [5.41, 5.74) is 6.75. The van der Waals surface area contributed by atoms with Gasteiger partial charge in [-0.3, -0.25) is 0 Å². The van der Waals surface area contributed by atoms with Gasteiger partial charge < -0.3 is 10.3 Å². The molecule has 4 heteroatoms. The number of rotatable bonds is 2. The van der Waals surface area contributed by atoms with Crippen LogP contribution in [0.4, 0.5) is 5.82 Å². The third-order valence-corrected chi connectivity index (χ3v) is 2.51. The molecular weight excluding hydrogens is 222 g/mol. The van der Waals surface area contributed by atoms with E-state index in [9.17, 15) is 0 Å². The maximum atomic E-state index is 6.06. The number of nitrogens with two attached hydrogens (primary N) is 1. The second-order valence-corrected chi connectivity index (χ2v) is 4.92. The van der Waals surface area contributed by atoms with Crippen molar-refractivity contribution in [2.75, 3.05) is 5.73 Å². The Bertz CT molecular complexity index is 422. The number of aliphatic imine (C=N–C) groups is 1. The number of nitrogen functional groups attached to an aromatic ring is 1. The molecule has 3 nitrogen and oxygen atoms in total. The van der Waals surface area contributed by atoms with Crippen LogP contribution in [0.3, 0.4) is 0 Å². The number of anilines is 1. The van der Waals surface area contributed by atoms with Gasteiger partial charge in [-0.25, -0.2) is 4.99 Å². The van der Waals surface area contributed by atoms with E-state index < -0.39 is 0 Å². The summed E-state index contributed by atoms with van der Waals surface area (Å²) in [6, 6.07) is 1.88. The normalized spacial score (nSPS) is 13.7. The van der Waals surface area contributed by atoms with Crippen LogP contribution in [0.1, 0.15) is 33.3 Å². The highest BCUT2D eigenvalue weighted by molar-refractivity contribution is 6.70. The lowest BCUT2D eigenvalue weighted by atomic mass is 10.1. The molecule has 0 aliphatic heterocycles. The smallest absolute Gasteiger partial charge is 0.139 e. The molecule has 1 rings (SSSR count). The van der Waals surface area contributed by atoms with Gasteiger partial charge in [0.05, 0.1) is 5.56 Å². The monoisotopic (exact) mass is 239 g/mol. The van der Waals surface area contributed by atoms with E-state index in [1.165, 1.54) is 0 Å². The van der Waals surface area contributed by atoms with Crippen molar-refractivity contribution >= 4 is 22.6 Å². The fraction of sp³-hybridized carbons (Fsp3) is 0.417. The maximum Gasteiger partial charge on any atom is 0.139 e. The Morgan fingerprint density at radius 2 is 2.12 bits per heavy atom. The average molecular weight is 240 g/mol. The van der Waals surface area contributed by atoms with Gasteiger partial charge in [0, 0.05) is 17.9 Å². The average Bonchev–Trinajstić information content (AvgIpc) is 2.56. The van der Waals surface area contributed by atoms with E-state index in [-0.39, 0.29) is 5.54 Å². The first-order chi connectivity index (χ1) is 7.38. The molecule has 0 aromatic carbocycles. The van der Waals surface area contributed by atoms with Crippen molar-refractivity contribution in [2.45, 2.75) is 33.2 Å². The number of hydrogen-bond donors (Lipinski definition) is 1. The molecule has 88 valence electrons. The van der Waals surface area contributed by atoms with Crippen molar-refractivity contribution in [3.8, 4) is 0 Å². The van der Waals surface area contributed by atoms with Gasteiger partial charge in [0.2, 0.25) is 0 Å². The van der Waals surface area contributed by atoms with Crippen molar-refractivity contribution in [1.29, 1.82) is 0 Å². The third kappa shape index (κ3) is 2.67. The van der Waals surface area contributed by atoms with Crippen LogP contribution < -0.4 is 5.73 Å². The summed E-state index contributed by atoms with van der Waals surface area (Å²) < 4.78 is 1.98. The Balaban J connectivity index is 3.15. The molecule has 1 aromatic rings. The van der Waals surface area contributed by atoms with Crippen LogP contribution in [0.25, 0.3) is 0 Å². The quantitative estimate of drug-likeness (QED) is 0.791. The summed E-state index contributed by atoms with van der Waals surface area (Å²) in [5.74, 6) is 0.644. The Kier molecular flexibility index (Phi) is 3.81. The van der Waals surface area contributed by atoms with Crippen LogP contribution in [-0.2, 0) is 5.54 Å². The standard InChI is InChI=1S/C12H18ClN3/c1-5-7-15-10(13)9-6-8-16(11(9)14)12(2,3)4/h5-8H,14H2,1-4H3/b7-5-,15-10+.